The van der Waals surface area contributed by atoms with Gasteiger partial charge < -0.3 is 31.2 Å². The van der Waals surface area contributed by atoms with Crippen molar-refractivity contribution in [3.8, 4) is 0 Å². The lowest BCUT2D eigenvalue weighted by Crippen LogP contribution is -2.44. The minimum Gasteiger partial charge on any atom is -0.465 e. The molecule has 55 heavy (non-hydrogen) atoms. The van der Waals surface area contributed by atoms with Crippen LogP contribution in [0.15, 0.2) is 24.3 Å². The Morgan fingerprint density at radius 2 is 1.25 bits per heavy atom. The van der Waals surface area contributed by atoms with E-state index in [4.69, 9.17) is 20.2 Å². The lowest BCUT2D eigenvalue weighted by atomic mass is 10.0. The molecule has 0 atom stereocenters. The Morgan fingerprint density at radius 1 is 0.745 bits per heavy atom. The molecular weight excluding hydrogens is 697 g/mol. The molecule has 0 unspecified atom stereocenters. The monoisotopic (exact) mass is 765 g/mol. The predicted octanol–water partition coefficient (Wildman–Crippen LogP) is 4.32. The maximum atomic E-state index is 11.5. The molecule has 0 amide bonds. The number of nitrogens with one attached hydrogen (secondary N) is 3. The molecule has 0 spiro atoms. The molecule has 2 saturated heterocycles. The lowest BCUT2D eigenvalue weighted by Gasteiger charge is -2.31. The van der Waals surface area contributed by atoms with Crippen molar-refractivity contribution in [2.45, 2.75) is 110 Å². The lowest BCUT2D eigenvalue weighted by molar-refractivity contribution is -0.145. The number of nitrogens with two attached hydrogens (primary N) is 1. The number of hydrogen-bond donors (Lipinski definition) is 4. The second kappa shape index (κ2) is 25.5. The normalized spacial score (nSPS) is 17.2. The van der Waals surface area contributed by atoms with E-state index in [-0.39, 0.29) is 11.9 Å². The molecule has 0 radical (unpaired) electrons. The van der Waals surface area contributed by atoms with Crippen molar-refractivity contribution in [1.82, 2.24) is 25.1 Å². The Kier molecular flexibility index (Phi) is 20.4. The van der Waals surface area contributed by atoms with Crippen molar-refractivity contribution in [1.29, 1.82) is 0 Å². The van der Waals surface area contributed by atoms with Gasteiger partial charge in [0, 0.05) is 69.5 Å². The van der Waals surface area contributed by atoms with E-state index in [0.29, 0.717) is 64.1 Å². The zero-order valence-electron chi connectivity index (χ0n) is 33.7. The zero-order valence-corrected chi connectivity index (χ0v) is 33.7. The minimum absolute atomic E-state index is 0.102. The molecule has 2 aromatic heterocycles. The van der Waals surface area contributed by atoms with E-state index in [9.17, 15) is 14.4 Å². The number of pyridine rings is 2. The fourth-order valence-electron chi connectivity index (χ4n) is 7.24. The van der Waals surface area contributed by atoms with Gasteiger partial charge in [0.15, 0.2) is 0 Å². The third-order valence-corrected chi connectivity index (χ3v) is 10.4. The highest BCUT2D eigenvalue weighted by atomic mass is 16.5. The van der Waals surface area contributed by atoms with Crippen molar-refractivity contribution >= 4 is 29.4 Å². The molecule has 306 valence electrons. The number of esters is 2. The second-order valence-corrected chi connectivity index (χ2v) is 14.8. The van der Waals surface area contributed by atoms with Crippen LogP contribution < -0.4 is 21.7 Å². The fourth-order valence-corrected chi connectivity index (χ4v) is 7.24. The van der Waals surface area contributed by atoms with E-state index in [1.807, 2.05) is 11.8 Å². The Hall–Kier alpha value is -3.65. The van der Waals surface area contributed by atoms with Crippen LogP contribution in [0.5, 0.6) is 0 Å². The first kappa shape index (κ1) is 44.1. The molecule has 0 bridgehead atoms. The summed E-state index contributed by atoms with van der Waals surface area (Å²) < 4.78 is 9.83. The van der Waals surface area contributed by atoms with Crippen LogP contribution in [0.3, 0.4) is 0 Å². The average Bonchev–Trinajstić information content (AvgIpc) is 3.20. The summed E-state index contributed by atoms with van der Waals surface area (Å²) in [6, 6.07) is 9.38. The van der Waals surface area contributed by atoms with Crippen molar-refractivity contribution in [3.63, 3.8) is 0 Å². The number of hydrogen-bond acceptors (Lipinski definition) is 13. The van der Waals surface area contributed by atoms with Gasteiger partial charge in [-0.15, -0.1) is 0 Å². The van der Waals surface area contributed by atoms with E-state index >= 15 is 0 Å². The van der Waals surface area contributed by atoms with Crippen molar-refractivity contribution in [3.05, 3.63) is 46.8 Å². The first-order valence-corrected chi connectivity index (χ1v) is 21.0. The minimum atomic E-state index is -0.197. The van der Waals surface area contributed by atoms with Gasteiger partial charge in [-0.05, 0) is 127 Å². The van der Waals surface area contributed by atoms with Crippen molar-refractivity contribution < 1.29 is 23.9 Å². The number of nitrogens with zero attached hydrogens (tertiary/aromatic N) is 4. The van der Waals surface area contributed by atoms with Crippen LogP contribution in [0.4, 0.5) is 11.6 Å². The molecule has 4 aliphatic heterocycles. The van der Waals surface area contributed by atoms with Gasteiger partial charge in [-0.2, -0.15) is 0 Å². The number of carbonyl (C=O) groups excluding carboxylic acids is 3. The average molecular weight is 765 g/mol. The summed E-state index contributed by atoms with van der Waals surface area (Å²) in [7, 11) is 0. The third-order valence-electron chi connectivity index (χ3n) is 10.4. The first-order valence-electron chi connectivity index (χ1n) is 21.0. The number of ketones is 1. The van der Waals surface area contributed by atoms with Crippen molar-refractivity contribution in [2.24, 2.45) is 5.73 Å². The molecule has 2 fully saturated rings. The van der Waals surface area contributed by atoms with Gasteiger partial charge in [0.05, 0.1) is 26.3 Å². The molecule has 2 aromatic rings. The molecule has 6 rings (SSSR count). The van der Waals surface area contributed by atoms with Crippen LogP contribution >= 0.6 is 0 Å². The first-order chi connectivity index (χ1) is 26.9. The van der Waals surface area contributed by atoms with Gasteiger partial charge in [-0.25, -0.2) is 9.97 Å². The largest absolute Gasteiger partial charge is 0.465 e. The van der Waals surface area contributed by atoms with Crippen LogP contribution in [0.1, 0.15) is 101 Å². The molecule has 13 nitrogen and oxygen atoms in total. The predicted molar refractivity (Wildman–Crippen MR) is 218 cm³/mol. The van der Waals surface area contributed by atoms with E-state index < -0.39 is 0 Å². The van der Waals surface area contributed by atoms with Gasteiger partial charge >= 0.3 is 11.9 Å². The molecule has 0 saturated carbocycles. The van der Waals surface area contributed by atoms with E-state index in [1.54, 1.807) is 6.92 Å². The molecule has 0 aromatic carbocycles. The standard InChI is InChI=1S/C21H34N4O2.C12H19N3.C9H15NO3/c1-2-27-20(26)16-25-14-10-18(11-15-25)22-12-4-3-7-19-9-8-17-6-5-13-23-21(17)24-19;13-8-2-1-5-11-7-6-10-4-3-9-14-12(10)15-11;1-2-13-9(12)7-10-5-3-8(11)4-6-10/h8-9,18,22H,2-7,10-16H2,1H3,(H,23,24);6-7H,1-5,8-9,13H2,(H,14,15);2-7H2,1H3. The fraction of sp³-hybridized carbons (Fsp3) is 0.690. The van der Waals surface area contributed by atoms with Crippen LogP contribution in [-0.2, 0) is 49.5 Å². The van der Waals surface area contributed by atoms with Crippen molar-refractivity contribution in [2.75, 3.05) is 89.3 Å². The van der Waals surface area contributed by atoms with Gasteiger partial charge in [0.1, 0.15) is 17.4 Å². The van der Waals surface area contributed by atoms with Crippen LogP contribution in [-0.4, -0.2) is 122 Å². The number of aryl methyl sites for hydroxylation is 4. The molecule has 5 N–H and O–H groups in total. The summed E-state index contributed by atoms with van der Waals surface area (Å²) in [5.74, 6) is 2.20. The highest BCUT2D eigenvalue weighted by Gasteiger charge is 2.21. The summed E-state index contributed by atoms with van der Waals surface area (Å²) in [6.45, 7) is 12.6. The summed E-state index contributed by atoms with van der Waals surface area (Å²) >= 11 is 0. The van der Waals surface area contributed by atoms with E-state index in [1.165, 1.54) is 54.6 Å². The van der Waals surface area contributed by atoms with E-state index in [0.717, 1.165) is 95.9 Å². The molecule has 0 aliphatic carbocycles. The molecule has 4 aliphatic rings. The number of aromatic nitrogens is 2. The number of anilines is 2. The maximum absolute atomic E-state index is 11.5. The van der Waals surface area contributed by atoms with Crippen LogP contribution in [0, 0.1) is 0 Å². The number of unbranched alkanes of at least 4 members (excludes halogenated alkanes) is 2. The van der Waals surface area contributed by atoms with Gasteiger partial charge in [-0.3, -0.25) is 24.2 Å². The summed E-state index contributed by atoms with van der Waals surface area (Å²) in [5.41, 5.74) is 10.6. The SMILES string of the molecule is CCOC(=O)CN1CCC(=O)CC1.CCOC(=O)CN1CCC(NCCCCc2ccc3c(n2)NCCC3)CC1.NCCCCc1ccc2c(n1)NCCC2. The molecule has 6 heterocycles. The maximum Gasteiger partial charge on any atom is 0.320 e. The molecular formula is C42H68N8O5. The Balaban J connectivity index is 0.000000202. The zero-order chi connectivity index (χ0) is 39.1. The Bertz CT molecular complexity index is 1440. The highest BCUT2D eigenvalue weighted by molar-refractivity contribution is 5.80. The quantitative estimate of drug-likeness (QED) is 0.141. The number of likely N-dealkylation sites (tertiary alicyclic amines) is 2. The van der Waals surface area contributed by atoms with E-state index in [2.05, 4.69) is 50.1 Å². The smallest absolute Gasteiger partial charge is 0.320 e. The molecule has 13 heteroatoms. The number of Topliss-reactive ketones (excluding diaryl/α,β-unsaturated/α-hetero) is 1. The van der Waals surface area contributed by atoms with Crippen LogP contribution in [0.25, 0.3) is 0 Å². The number of piperidine rings is 2. The third kappa shape index (κ3) is 16.9. The highest BCUT2D eigenvalue weighted by Crippen LogP contribution is 2.21. The summed E-state index contributed by atoms with van der Waals surface area (Å²) in [4.78, 5) is 47.0. The number of ether oxygens (including phenoxy) is 2. The van der Waals surface area contributed by atoms with Gasteiger partial charge in [0.25, 0.3) is 0 Å². The van der Waals surface area contributed by atoms with Crippen LogP contribution in [0.2, 0.25) is 0 Å². The van der Waals surface area contributed by atoms with Gasteiger partial charge in [0.2, 0.25) is 0 Å². The Morgan fingerprint density at radius 3 is 1.76 bits per heavy atom. The van der Waals surface area contributed by atoms with Gasteiger partial charge in [-0.1, -0.05) is 12.1 Å². The summed E-state index contributed by atoms with van der Waals surface area (Å²) in [5, 5.41) is 10.5. The second-order valence-electron chi connectivity index (χ2n) is 14.8. The number of carbonyl (C=O) groups is 3. The topological polar surface area (TPSA) is 164 Å². The number of rotatable bonds is 16. The Labute approximate surface area is 329 Å². The summed E-state index contributed by atoms with van der Waals surface area (Å²) in [6.07, 6.45) is 14.8. The number of fused-ring (bicyclic) bond motifs is 2.